The predicted molar refractivity (Wildman–Crippen MR) is 104 cm³/mol. The number of rotatable bonds is 5. The van der Waals surface area contributed by atoms with Gasteiger partial charge in [0.15, 0.2) is 0 Å². The molecule has 1 aliphatic rings. The second kappa shape index (κ2) is 8.36. The van der Waals surface area contributed by atoms with Crippen LogP contribution in [-0.2, 0) is 16.1 Å². The summed E-state index contributed by atoms with van der Waals surface area (Å²) in [5, 5.41) is 2.93. The van der Waals surface area contributed by atoms with Crippen molar-refractivity contribution in [1.82, 2.24) is 10.2 Å². The zero-order valence-electron chi connectivity index (χ0n) is 14.0. The second-order valence-corrected chi connectivity index (χ2v) is 8.13. The number of nitrogens with zero attached hydrogens (tertiary/aromatic N) is 1. The van der Waals surface area contributed by atoms with E-state index in [1.807, 2.05) is 55.5 Å². The quantitative estimate of drug-likeness (QED) is 0.820. The van der Waals surface area contributed by atoms with Crippen LogP contribution in [0, 0.1) is 6.92 Å². The van der Waals surface area contributed by atoms with Crippen molar-refractivity contribution in [2.24, 2.45) is 0 Å². The van der Waals surface area contributed by atoms with Gasteiger partial charge in [0.25, 0.3) is 0 Å². The van der Waals surface area contributed by atoms with E-state index < -0.39 is 6.04 Å². The third kappa shape index (κ3) is 4.74. The molecule has 0 radical (unpaired) electrons. The maximum Gasteiger partial charge on any atom is 0.247 e. The van der Waals surface area contributed by atoms with E-state index in [1.165, 1.54) is 4.88 Å². The van der Waals surface area contributed by atoms with Crippen LogP contribution in [0.2, 0.25) is 0 Å². The average molecular weight is 373 g/mol. The van der Waals surface area contributed by atoms with Crippen LogP contribution in [0.25, 0.3) is 6.08 Å². The van der Waals surface area contributed by atoms with E-state index in [0.29, 0.717) is 18.2 Å². The van der Waals surface area contributed by atoms with E-state index in [0.717, 1.165) is 10.4 Å². The normalized spacial score (nSPS) is 17.2. The van der Waals surface area contributed by atoms with E-state index in [-0.39, 0.29) is 11.8 Å². The molecule has 25 heavy (non-hydrogen) atoms. The fourth-order valence-corrected chi connectivity index (χ4v) is 4.52. The Morgan fingerprint density at radius 1 is 1.24 bits per heavy atom. The van der Waals surface area contributed by atoms with Crippen molar-refractivity contribution < 1.29 is 9.59 Å². The van der Waals surface area contributed by atoms with Gasteiger partial charge in [-0.25, -0.2) is 0 Å². The lowest BCUT2D eigenvalue weighted by molar-refractivity contribution is -0.134. The number of nitrogens with one attached hydrogen (secondary N) is 1. The molecule has 0 bridgehead atoms. The molecule has 2 amide bonds. The van der Waals surface area contributed by atoms with Crippen molar-refractivity contribution in [3.8, 4) is 0 Å². The van der Waals surface area contributed by atoms with Crippen molar-refractivity contribution in [2.75, 3.05) is 11.6 Å². The Hall–Kier alpha value is -2.05. The van der Waals surface area contributed by atoms with Gasteiger partial charge in [-0.3, -0.25) is 9.59 Å². The van der Waals surface area contributed by atoms with Gasteiger partial charge in [-0.15, -0.1) is 23.1 Å². The molecule has 1 aromatic heterocycles. The van der Waals surface area contributed by atoms with Gasteiger partial charge < -0.3 is 10.2 Å². The largest absolute Gasteiger partial charge is 0.350 e. The summed E-state index contributed by atoms with van der Waals surface area (Å²) >= 11 is 3.25. The summed E-state index contributed by atoms with van der Waals surface area (Å²) in [6.07, 6.45) is 3.39. The molecular weight excluding hydrogens is 352 g/mol. The number of benzene rings is 1. The van der Waals surface area contributed by atoms with Crippen LogP contribution in [0.1, 0.15) is 15.3 Å². The molecule has 6 heteroatoms. The maximum absolute atomic E-state index is 12.5. The zero-order chi connectivity index (χ0) is 17.6. The number of amides is 2. The number of carbonyl (C=O) groups is 2. The molecule has 1 saturated heterocycles. The Bertz CT molecular complexity index is 771. The Balaban J connectivity index is 1.58. The Labute approximate surface area is 155 Å². The molecule has 2 heterocycles. The summed E-state index contributed by atoms with van der Waals surface area (Å²) in [7, 11) is 0. The number of thiophene rings is 1. The zero-order valence-corrected chi connectivity index (χ0v) is 15.6. The van der Waals surface area contributed by atoms with Crippen LogP contribution >= 0.6 is 23.1 Å². The lowest BCUT2D eigenvalue weighted by Crippen LogP contribution is -2.46. The maximum atomic E-state index is 12.5. The third-order valence-corrected chi connectivity index (χ3v) is 5.91. The summed E-state index contributed by atoms with van der Waals surface area (Å²) in [5.41, 5.74) is 1.05. The molecule has 2 aromatic rings. The van der Waals surface area contributed by atoms with Gasteiger partial charge in [0.05, 0.1) is 5.88 Å². The monoisotopic (exact) mass is 372 g/mol. The van der Waals surface area contributed by atoms with Crippen LogP contribution in [-0.4, -0.2) is 34.4 Å². The molecule has 0 saturated carbocycles. The summed E-state index contributed by atoms with van der Waals surface area (Å²) < 4.78 is 0. The van der Waals surface area contributed by atoms with Gasteiger partial charge in [0.2, 0.25) is 11.8 Å². The molecular formula is C19H20N2O2S2. The first-order chi connectivity index (χ1) is 12.1. The van der Waals surface area contributed by atoms with Crippen LogP contribution < -0.4 is 5.32 Å². The summed E-state index contributed by atoms with van der Waals surface area (Å²) in [5.74, 6) is 0.979. The molecule has 1 unspecified atom stereocenters. The second-order valence-electron chi connectivity index (χ2n) is 5.81. The summed E-state index contributed by atoms with van der Waals surface area (Å²) in [4.78, 5) is 28.8. The number of aryl methyl sites for hydroxylation is 1. The van der Waals surface area contributed by atoms with E-state index in [1.54, 1.807) is 34.1 Å². The smallest absolute Gasteiger partial charge is 0.247 e. The fourth-order valence-electron chi connectivity index (χ4n) is 2.57. The molecule has 1 aliphatic heterocycles. The Kier molecular flexibility index (Phi) is 5.94. The van der Waals surface area contributed by atoms with Crippen LogP contribution in [0.3, 0.4) is 0 Å². The molecule has 1 N–H and O–H groups in total. The van der Waals surface area contributed by atoms with E-state index >= 15 is 0 Å². The molecule has 3 rings (SSSR count). The van der Waals surface area contributed by atoms with Crippen LogP contribution in [0.4, 0.5) is 0 Å². The highest BCUT2D eigenvalue weighted by atomic mass is 32.2. The third-order valence-electron chi connectivity index (χ3n) is 3.93. The summed E-state index contributed by atoms with van der Waals surface area (Å²) in [6.45, 7) is 2.52. The predicted octanol–water partition coefficient (Wildman–Crippen LogP) is 3.29. The molecule has 0 spiro atoms. The van der Waals surface area contributed by atoms with Crippen molar-refractivity contribution in [3.05, 3.63) is 63.9 Å². The molecule has 1 atom stereocenters. The van der Waals surface area contributed by atoms with Gasteiger partial charge in [-0.2, -0.15) is 0 Å². The van der Waals surface area contributed by atoms with Crippen molar-refractivity contribution in [2.45, 2.75) is 19.5 Å². The molecule has 1 aromatic carbocycles. The SMILES string of the molecule is Cc1ccc(C=CC(=O)N2CSCC2C(=O)NCc2ccccc2)s1. The molecule has 1 fully saturated rings. The number of thioether (sulfide) groups is 1. The van der Waals surface area contributed by atoms with Crippen LogP contribution in [0.15, 0.2) is 48.5 Å². The summed E-state index contributed by atoms with van der Waals surface area (Å²) in [6, 6.07) is 13.4. The number of carbonyl (C=O) groups excluding carboxylic acids is 2. The van der Waals surface area contributed by atoms with Gasteiger partial charge in [0.1, 0.15) is 6.04 Å². The van der Waals surface area contributed by atoms with E-state index in [2.05, 4.69) is 5.32 Å². The van der Waals surface area contributed by atoms with E-state index in [9.17, 15) is 9.59 Å². The lowest BCUT2D eigenvalue weighted by Gasteiger charge is -2.21. The lowest BCUT2D eigenvalue weighted by atomic mass is 10.2. The molecule has 130 valence electrons. The minimum Gasteiger partial charge on any atom is -0.350 e. The standard InChI is InChI=1S/C19H20N2O2S2/c1-14-7-8-16(25-14)9-10-18(22)21-13-24-12-17(21)19(23)20-11-15-5-3-2-4-6-15/h2-10,17H,11-13H2,1H3,(H,20,23). The average Bonchev–Trinajstić information content (AvgIpc) is 3.27. The van der Waals surface area contributed by atoms with Crippen molar-refractivity contribution in [3.63, 3.8) is 0 Å². The first kappa shape index (κ1) is 17.8. The number of hydrogen-bond donors (Lipinski definition) is 1. The first-order valence-corrected chi connectivity index (χ1v) is 10.0. The number of hydrogen-bond acceptors (Lipinski definition) is 4. The first-order valence-electron chi connectivity index (χ1n) is 8.08. The van der Waals surface area contributed by atoms with E-state index in [4.69, 9.17) is 0 Å². The van der Waals surface area contributed by atoms with Crippen molar-refractivity contribution >= 4 is 41.0 Å². The molecule has 0 aliphatic carbocycles. The molecule has 4 nitrogen and oxygen atoms in total. The van der Waals surface area contributed by atoms with Crippen LogP contribution in [0.5, 0.6) is 0 Å². The van der Waals surface area contributed by atoms with Gasteiger partial charge in [0, 0.05) is 28.1 Å². The highest BCUT2D eigenvalue weighted by Gasteiger charge is 2.33. The fraction of sp³-hybridized carbons (Fsp3) is 0.263. The Morgan fingerprint density at radius 2 is 2.04 bits per heavy atom. The highest BCUT2D eigenvalue weighted by molar-refractivity contribution is 7.99. The Morgan fingerprint density at radius 3 is 2.76 bits per heavy atom. The van der Waals surface area contributed by atoms with Gasteiger partial charge >= 0.3 is 0 Å². The van der Waals surface area contributed by atoms with Crippen molar-refractivity contribution in [1.29, 1.82) is 0 Å². The van der Waals surface area contributed by atoms with Gasteiger partial charge in [-0.05, 0) is 30.7 Å². The minimum absolute atomic E-state index is 0.0948. The van der Waals surface area contributed by atoms with Gasteiger partial charge in [-0.1, -0.05) is 30.3 Å². The topological polar surface area (TPSA) is 49.4 Å². The highest BCUT2D eigenvalue weighted by Crippen LogP contribution is 2.22. The minimum atomic E-state index is -0.407.